The van der Waals surface area contributed by atoms with Crippen LogP contribution in [0.4, 0.5) is 0 Å². The summed E-state index contributed by atoms with van der Waals surface area (Å²) in [6, 6.07) is 0.0279. The molecular weight excluding hydrogens is 178 g/mol. The van der Waals surface area contributed by atoms with Crippen LogP contribution in [0.25, 0.3) is 0 Å². The molecule has 14 heavy (non-hydrogen) atoms. The fourth-order valence-corrected chi connectivity index (χ4v) is 1.49. The zero-order chi connectivity index (χ0) is 10.4. The summed E-state index contributed by atoms with van der Waals surface area (Å²) in [6.07, 6.45) is 5.67. The highest BCUT2D eigenvalue weighted by molar-refractivity contribution is 4.98. The summed E-state index contributed by atoms with van der Waals surface area (Å²) in [7, 11) is 1.71. The van der Waals surface area contributed by atoms with E-state index in [9.17, 15) is 0 Å². The van der Waals surface area contributed by atoms with Gasteiger partial charge in [-0.2, -0.15) is 0 Å². The molecular formula is C10H19N3O. The number of methoxy groups -OCH3 is 1. The molecule has 4 nitrogen and oxygen atoms in total. The summed E-state index contributed by atoms with van der Waals surface area (Å²) in [5.74, 6) is 0.976. The molecule has 1 rings (SSSR count). The van der Waals surface area contributed by atoms with Gasteiger partial charge < -0.3 is 15.0 Å². The van der Waals surface area contributed by atoms with Crippen molar-refractivity contribution in [3.63, 3.8) is 0 Å². The molecule has 1 unspecified atom stereocenters. The quantitative estimate of drug-likeness (QED) is 0.700. The molecule has 1 aromatic rings. The fraction of sp³-hybridized carbons (Fsp3) is 0.700. The Bertz CT molecular complexity index is 260. The highest BCUT2D eigenvalue weighted by Gasteiger charge is 2.10. The molecule has 80 valence electrons. The van der Waals surface area contributed by atoms with Gasteiger partial charge in [-0.3, -0.25) is 0 Å². The van der Waals surface area contributed by atoms with Gasteiger partial charge in [0, 0.05) is 32.7 Å². The molecule has 0 aliphatic rings. The van der Waals surface area contributed by atoms with Gasteiger partial charge >= 0.3 is 0 Å². The highest BCUT2D eigenvalue weighted by Crippen LogP contribution is 2.13. The van der Waals surface area contributed by atoms with Gasteiger partial charge in [0.05, 0.1) is 6.04 Å². The summed E-state index contributed by atoms with van der Waals surface area (Å²) in [6.45, 7) is 3.78. The highest BCUT2D eigenvalue weighted by atomic mass is 16.5. The second-order valence-electron chi connectivity index (χ2n) is 3.31. The Kier molecular flexibility index (Phi) is 4.62. The third-order valence-electron chi connectivity index (χ3n) is 2.28. The number of ether oxygens (including phenoxy) is 1. The topological polar surface area (TPSA) is 53.1 Å². The zero-order valence-electron chi connectivity index (χ0n) is 8.94. The van der Waals surface area contributed by atoms with Crippen LogP contribution in [0.1, 0.15) is 31.6 Å². The van der Waals surface area contributed by atoms with Crippen molar-refractivity contribution >= 4 is 0 Å². The predicted molar refractivity (Wildman–Crippen MR) is 55.9 cm³/mol. The van der Waals surface area contributed by atoms with Crippen molar-refractivity contribution in [2.45, 2.75) is 32.4 Å². The van der Waals surface area contributed by atoms with Gasteiger partial charge in [-0.15, -0.1) is 0 Å². The normalized spacial score (nSPS) is 13.1. The lowest BCUT2D eigenvalue weighted by molar-refractivity contribution is 0.190. The maximum absolute atomic E-state index is 6.02. The average molecular weight is 197 g/mol. The van der Waals surface area contributed by atoms with E-state index in [1.807, 2.05) is 6.20 Å². The smallest absolute Gasteiger partial charge is 0.125 e. The average Bonchev–Trinajstić information content (AvgIpc) is 2.65. The van der Waals surface area contributed by atoms with Crippen LogP contribution in [0.2, 0.25) is 0 Å². The summed E-state index contributed by atoms with van der Waals surface area (Å²) in [5.41, 5.74) is 6.02. The van der Waals surface area contributed by atoms with Gasteiger partial charge in [0.15, 0.2) is 0 Å². The minimum absolute atomic E-state index is 0.0279. The second-order valence-corrected chi connectivity index (χ2v) is 3.31. The number of rotatable bonds is 6. The monoisotopic (exact) mass is 197 g/mol. The first-order chi connectivity index (χ1) is 6.79. The summed E-state index contributed by atoms with van der Waals surface area (Å²) in [4.78, 5) is 4.26. The Morgan fingerprint density at radius 2 is 2.43 bits per heavy atom. The maximum atomic E-state index is 6.02. The third-order valence-corrected chi connectivity index (χ3v) is 2.28. The molecule has 0 spiro atoms. The molecule has 1 heterocycles. The van der Waals surface area contributed by atoms with Gasteiger partial charge in [-0.1, -0.05) is 0 Å². The van der Waals surface area contributed by atoms with E-state index >= 15 is 0 Å². The molecule has 0 amide bonds. The van der Waals surface area contributed by atoms with Crippen LogP contribution in [0.3, 0.4) is 0 Å². The first-order valence-electron chi connectivity index (χ1n) is 5.05. The van der Waals surface area contributed by atoms with Crippen LogP contribution in [-0.4, -0.2) is 23.3 Å². The van der Waals surface area contributed by atoms with Gasteiger partial charge in [-0.25, -0.2) is 4.98 Å². The number of nitrogens with zero attached hydrogens (tertiary/aromatic N) is 2. The van der Waals surface area contributed by atoms with Crippen LogP contribution in [0.15, 0.2) is 12.4 Å². The fourth-order valence-electron chi connectivity index (χ4n) is 1.49. The largest absolute Gasteiger partial charge is 0.385 e. The van der Waals surface area contributed by atoms with Crippen molar-refractivity contribution in [3.05, 3.63) is 18.2 Å². The molecule has 0 fully saturated rings. The van der Waals surface area contributed by atoms with Crippen molar-refractivity contribution in [1.82, 2.24) is 9.55 Å². The lowest BCUT2D eigenvalue weighted by atomic mass is 10.1. The second kappa shape index (κ2) is 5.78. The van der Waals surface area contributed by atoms with Crippen LogP contribution in [0, 0.1) is 0 Å². The van der Waals surface area contributed by atoms with Gasteiger partial charge in [0.1, 0.15) is 5.82 Å². The van der Waals surface area contributed by atoms with Gasteiger partial charge in [-0.05, 0) is 19.8 Å². The SMILES string of the molecule is CCn1ccnc1C(N)CCCOC. The van der Waals surface area contributed by atoms with E-state index in [0.717, 1.165) is 31.8 Å². The standard InChI is InChI=1S/C10H19N3O/c1-3-13-7-6-12-10(13)9(11)5-4-8-14-2/h6-7,9H,3-5,8,11H2,1-2H3. The predicted octanol–water partition coefficient (Wildman–Crippen LogP) is 1.33. The van der Waals surface area contributed by atoms with E-state index in [1.54, 1.807) is 13.3 Å². The van der Waals surface area contributed by atoms with E-state index in [0.29, 0.717) is 0 Å². The van der Waals surface area contributed by atoms with E-state index in [4.69, 9.17) is 10.5 Å². The molecule has 0 bridgehead atoms. The number of hydrogen-bond donors (Lipinski definition) is 1. The zero-order valence-corrected chi connectivity index (χ0v) is 8.94. The third kappa shape index (κ3) is 2.82. The number of hydrogen-bond acceptors (Lipinski definition) is 3. The Labute approximate surface area is 85.1 Å². The number of imidazole rings is 1. The Balaban J connectivity index is 2.47. The molecule has 0 aliphatic heterocycles. The number of aryl methyl sites for hydroxylation is 1. The molecule has 4 heteroatoms. The van der Waals surface area contributed by atoms with Gasteiger partial charge in [0.2, 0.25) is 0 Å². The van der Waals surface area contributed by atoms with Gasteiger partial charge in [0.25, 0.3) is 0 Å². The molecule has 0 aromatic carbocycles. The Morgan fingerprint density at radius 1 is 1.64 bits per heavy atom. The molecule has 1 aromatic heterocycles. The maximum Gasteiger partial charge on any atom is 0.125 e. The minimum atomic E-state index is 0.0279. The lowest BCUT2D eigenvalue weighted by Gasteiger charge is -2.12. The Hall–Kier alpha value is -0.870. The van der Waals surface area contributed by atoms with Crippen molar-refractivity contribution in [3.8, 4) is 0 Å². The van der Waals surface area contributed by atoms with E-state index in [2.05, 4.69) is 16.5 Å². The van der Waals surface area contributed by atoms with Crippen LogP contribution < -0.4 is 5.73 Å². The molecule has 1 atom stereocenters. The summed E-state index contributed by atoms with van der Waals surface area (Å²) in [5, 5.41) is 0. The van der Waals surface area contributed by atoms with E-state index < -0.39 is 0 Å². The van der Waals surface area contributed by atoms with Crippen molar-refractivity contribution in [1.29, 1.82) is 0 Å². The minimum Gasteiger partial charge on any atom is -0.385 e. The molecule has 0 radical (unpaired) electrons. The van der Waals surface area contributed by atoms with E-state index in [-0.39, 0.29) is 6.04 Å². The van der Waals surface area contributed by atoms with Crippen molar-refractivity contribution < 1.29 is 4.74 Å². The molecule has 0 saturated heterocycles. The lowest BCUT2D eigenvalue weighted by Crippen LogP contribution is -2.16. The number of aromatic nitrogens is 2. The summed E-state index contributed by atoms with van der Waals surface area (Å²) >= 11 is 0. The summed E-state index contributed by atoms with van der Waals surface area (Å²) < 4.78 is 7.06. The van der Waals surface area contributed by atoms with E-state index in [1.165, 1.54) is 0 Å². The first kappa shape index (κ1) is 11.2. The molecule has 0 saturated carbocycles. The van der Waals surface area contributed by atoms with Crippen LogP contribution in [0.5, 0.6) is 0 Å². The van der Waals surface area contributed by atoms with Crippen molar-refractivity contribution in [2.24, 2.45) is 5.73 Å². The van der Waals surface area contributed by atoms with Crippen molar-refractivity contribution in [2.75, 3.05) is 13.7 Å². The first-order valence-corrected chi connectivity index (χ1v) is 5.05. The van der Waals surface area contributed by atoms with Crippen LogP contribution in [-0.2, 0) is 11.3 Å². The molecule has 0 aliphatic carbocycles. The Morgan fingerprint density at radius 3 is 3.07 bits per heavy atom. The number of nitrogens with two attached hydrogens (primary N) is 1. The molecule has 2 N–H and O–H groups in total. The van der Waals surface area contributed by atoms with Crippen LogP contribution >= 0.6 is 0 Å².